The van der Waals surface area contributed by atoms with Gasteiger partial charge in [-0.25, -0.2) is 22.7 Å². The molecule has 0 radical (unpaired) electrons. The summed E-state index contributed by atoms with van der Waals surface area (Å²) in [7, 11) is -3.11. The van der Waals surface area contributed by atoms with E-state index in [1.807, 2.05) is 38.1 Å². The third-order valence-corrected chi connectivity index (χ3v) is 7.03. The predicted molar refractivity (Wildman–Crippen MR) is 134 cm³/mol. The van der Waals surface area contributed by atoms with Gasteiger partial charge in [0, 0.05) is 31.2 Å². The van der Waals surface area contributed by atoms with Crippen LogP contribution in [0.2, 0.25) is 0 Å². The summed E-state index contributed by atoms with van der Waals surface area (Å²) in [6.07, 6.45) is 3.15. The Kier molecular flexibility index (Phi) is 9.76. The van der Waals surface area contributed by atoms with Crippen molar-refractivity contribution >= 4 is 40.0 Å². The lowest BCUT2D eigenvalue weighted by molar-refractivity contribution is 0.306. The number of halogens is 1. The molecule has 1 aromatic heterocycles. The second-order valence-electron chi connectivity index (χ2n) is 7.42. The van der Waals surface area contributed by atoms with Crippen LogP contribution in [0.4, 0.5) is 0 Å². The van der Waals surface area contributed by atoms with E-state index in [1.54, 1.807) is 17.5 Å². The highest BCUT2D eigenvalue weighted by Crippen LogP contribution is 2.19. The van der Waals surface area contributed by atoms with Crippen LogP contribution in [0.25, 0.3) is 11.5 Å². The van der Waals surface area contributed by atoms with E-state index in [0.29, 0.717) is 31.5 Å². The van der Waals surface area contributed by atoms with Gasteiger partial charge in [-0.3, -0.25) is 0 Å². The lowest BCUT2D eigenvalue weighted by Crippen LogP contribution is -2.50. The molecule has 0 spiro atoms. The van der Waals surface area contributed by atoms with Crippen LogP contribution in [-0.2, 0) is 16.6 Å². The maximum Gasteiger partial charge on any atom is 0.226 e. The molecular formula is C21H32IN5O3S. The van der Waals surface area contributed by atoms with Gasteiger partial charge >= 0.3 is 0 Å². The van der Waals surface area contributed by atoms with Crippen molar-refractivity contribution in [3.63, 3.8) is 0 Å². The number of rotatable bonds is 7. The average Bonchev–Trinajstić information content (AvgIpc) is 3.22. The zero-order valence-corrected chi connectivity index (χ0v) is 21.4. The van der Waals surface area contributed by atoms with E-state index in [9.17, 15) is 8.42 Å². The van der Waals surface area contributed by atoms with Gasteiger partial charge in [0.05, 0.1) is 12.3 Å². The van der Waals surface area contributed by atoms with Crippen LogP contribution in [0.1, 0.15) is 37.9 Å². The van der Waals surface area contributed by atoms with Crippen LogP contribution in [0.3, 0.4) is 0 Å². The third-order valence-electron chi connectivity index (χ3n) is 5.15. The van der Waals surface area contributed by atoms with Gasteiger partial charge in [0.1, 0.15) is 12.0 Å². The fourth-order valence-electron chi connectivity index (χ4n) is 3.34. The molecule has 0 bridgehead atoms. The molecule has 2 aromatic rings. The number of aliphatic imine (C=N–C) groups is 1. The lowest BCUT2D eigenvalue weighted by Gasteiger charge is -2.32. The SMILES string of the molecule is CCNC(=NCc1coc(-c2ccc(C)cc2)n1)NC1CCN(S(=O)(=O)CC)CC1.I. The molecule has 1 aliphatic heterocycles. The smallest absolute Gasteiger partial charge is 0.226 e. The normalized spacial score (nSPS) is 16.0. The quantitative estimate of drug-likeness (QED) is 0.306. The second-order valence-corrected chi connectivity index (χ2v) is 9.68. The molecule has 31 heavy (non-hydrogen) atoms. The van der Waals surface area contributed by atoms with Crippen molar-refractivity contribution in [3.05, 3.63) is 41.8 Å². The number of aromatic nitrogens is 1. The highest BCUT2D eigenvalue weighted by Gasteiger charge is 2.27. The Balaban J connectivity index is 0.00000341. The summed E-state index contributed by atoms with van der Waals surface area (Å²) in [6.45, 7) is 7.95. The monoisotopic (exact) mass is 561 g/mol. The Hall–Kier alpha value is -1.66. The summed E-state index contributed by atoms with van der Waals surface area (Å²) in [5.74, 6) is 1.44. The van der Waals surface area contributed by atoms with Gasteiger partial charge in [-0.15, -0.1) is 24.0 Å². The van der Waals surface area contributed by atoms with Crippen LogP contribution >= 0.6 is 24.0 Å². The number of sulfonamides is 1. The van der Waals surface area contributed by atoms with Gasteiger partial charge in [0.15, 0.2) is 5.96 Å². The molecule has 0 unspecified atom stereocenters. The molecule has 172 valence electrons. The van der Waals surface area contributed by atoms with E-state index >= 15 is 0 Å². The Labute approximate surface area is 202 Å². The Morgan fingerprint density at radius 3 is 2.52 bits per heavy atom. The first kappa shape index (κ1) is 25.6. The summed E-state index contributed by atoms with van der Waals surface area (Å²) >= 11 is 0. The minimum absolute atomic E-state index is 0. The summed E-state index contributed by atoms with van der Waals surface area (Å²) in [6, 6.07) is 8.23. The minimum atomic E-state index is -3.11. The van der Waals surface area contributed by atoms with Gasteiger partial charge in [-0.2, -0.15) is 0 Å². The highest BCUT2D eigenvalue weighted by atomic mass is 127. The van der Waals surface area contributed by atoms with Gasteiger partial charge in [-0.1, -0.05) is 17.7 Å². The van der Waals surface area contributed by atoms with Gasteiger partial charge in [-0.05, 0) is 45.7 Å². The molecule has 3 rings (SSSR count). The largest absolute Gasteiger partial charge is 0.444 e. The van der Waals surface area contributed by atoms with Crippen molar-refractivity contribution in [2.24, 2.45) is 4.99 Å². The van der Waals surface area contributed by atoms with Gasteiger partial charge in [0.25, 0.3) is 0 Å². The summed E-state index contributed by atoms with van der Waals surface area (Å²) in [5.41, 5.74) is 2.89. The van der Waals surface area contributed by atoms with Gasteiger partial charge < -0.3 is 15.1 Å². The van der Waals surface area contributed by atoms with Crippen LogP contribution in [0.15, 0.2) is 39.9 Å². The number of guanidine groups is 1. The second kappa shape index (κ2) is 11.8. The molecule has 10 heteroatoms. The third kappa shape index (κ3) is 7.18. The van der Waals surface area contributed by atoms with Crippen LogP contribution in [0, 0.1) is 6.92 Å². The molecule has 0 amide bonds. The van der Waals surface area contributed by atoms with E-state index in [2.05, 4.69) is 20.6 Å². The Bertz CT molecular complexity index is 952. The van der Waals surface area contributed by atoms with Crippen LogP contribution in [0.5, 0.6) is 0 Å². The van der Waals surface area contributed by atoms with E-state index in [-0.39, 0.29) is 35.8 Å². The van der Waals surface area contributed by atoms with Crippen molar-refractivity contribution in [2.45, 2.75) is 46.2 Å². The molecule has 8 nitrogen and oxygen atoms in total. The topological polar surface area (TPSA) is 99.8 Å². The number of hydrogen-bond donors (Lipinski definition) is 2. The molecule has 1 aromatic carbocycles. The average molecular weight is 561 g/mol. The van der Waals surface area contributed by atoms with Crippen molar-refractivity contribution in [1.82, 2.24) is 19.9 Å². The molecule has 0 saturated carbocycles. The van der Waals surface area contributed by atoms with Crippen molar-refractivity contribution < 1.29 is 12.8 Å². The number of hydrogen-bond acceptors (Lipinski definition) is 5. The summed E-state index contributed by atoms with van der Waals surface area (Å²) in [5, 5.41) is 6.67. The van der Waals surface area contributed by atoms with Crippen molar-refractivity contribution in [1.29, 1.82) is 0 Å². The Morgan fingerprint density at radius 2 is 1.90 bits per heavy atom. The summed E-state index contributed by atoms with van der Waals surface area (Å²) < 4.78 is 31.2. The first-order chi connectivity index (χ1) is 14.4. The number of nitrogens with one attached hydrogen (secondary N) is 2. The number of piperidine rings is 1. The van der Waals surface area contributed by atoms with Crippen molar-refractivity contribution in [3.8, 4) is 11.5 Å². The number of benzene rings is 1. The molecule has 1 saturated heterocycles. The zero-order chi connectivity index (χ0) is 21.6. The summed E-state index contributed by atoms with van der Waals surface area (Å²) in [4.78, 5) is 9.16. The fraction of sp³-hybridized carbons (Fsp3) is 0.524. The fourth-order valence-corrected chi connectivity index (χ4v) is 4.47. The first-order valence-corrected chi connectivity index (χ1v) is 12.1. The number of oxazole rings is 1. The molecule has 1 fully saturated rings. The molecule has 0 aliphatic carbocycles. The highest BCUT2D eigenvalue weighted by molar-refractivity contribution is 14.0. The van der Waals surface area contributed by atoms with Crippen LogP contribution < -0.4 is 10.6 Å². The molecule has 2 heterocycles. The van der Waals surface area contributed by atoms with Crippen LogP contribution in [-0.4, -0.2) is 55.1 Å². The first-order valence-electron chi connectivity index (χ1n) is 10.5. The molecular weight excluding hydrogens is 529 g/mol. The lowest BCUT2D eigenvalue weighted by atomic mass is 10.1. The van der Waals surface area contributed by atoms with Gasteiger partial charge in [0.2, 0.25) is 15.9 Å². The van der Waals surface area contributed by atoms with E-state index in [1.165, 1.54) is 5.56 Å². The maximum atomic E-state index is 12.0. The maximum absolute atomic E-state index is 12.0. The number of nitrogens with zero attached hydrogens (tertiary/aromatic N) is 3. The minimum Gasteiger partial charge on any atom is -0.444 e. The number of aryl methyl sites for hydroxylation is 1. The molecule has 0 atom stereocenters. The van der Waals surface area contributed by atoms with Crippen molar-refractivity contribution in [2.75, 3.05) is 25.4 Å². The predicted octanol–water partition coefficient (Wildman–Crippen LogP) is 3.14. The van der Waals surface area contributed by atoms with E-state index in [0.717, 1.165) is 30.6 Å². The molecule has 1 aliphatic rings. The Morgan fingerprint density at radius 1 is 1.23 bits per heavy atom. The van der Waals surface area contributed by atoms with E-state index < -0.39 is 10.0 Å². The molecule has 2 N–H and O–H groups in total. The standard InChI is InChI=1S/C21H31N5O3S.HI/c1-4-22-21(25-18-10-12-26(13-11-18)30(27,28)5-2)23-14-19-15-29-20(24-19)17-8-6-16(3)7-9-17;/h6-9,15,18H,4-5,10-14H2,1-3H3,(H2,22,23,25);1H. The van der Waals surface area contributed by atoms with E-state index in [4.69, 9.17) is 4.42 Å². The zero-order valence-electron chi connectivity index (χ0n) is 18.3.